The molecule has 0 bridgehead atoms. The molecule has 1 aromatic rings. The molecule has 18 heavy (non-hydrogen) atoms. The summed E-state index contributed by atoms with van der Waals surface area (Å²) in [6.07, 6.45) is 0.714. The molecule has 0 aliphatic carbocycles. The third-order valence-electron chi connectivity index (χ3n) is 2.97. The van der Waals surface area contributed by atoms with E-state index in [2.05, 4.69) is 19.2 Å². The van der Waals surface area contributed by atoms with Gasteiger partial charge in [0.15, 0.2) is 0 Å². The van der Waals surface area contributed by atoms with E-state index < -0.39 is 4.92 Å². The Morgan fingerprint density at radius 3 is 2.61 bits per heavy atom. The molecular formula is C13H20N2O3. The van der Waals surface area contributed by atoms with Crippen LogP contribution in [0.1, 0.15) is 25.8 Å². The van der Waals surface area contributed by atoms with Gasteiger partial charge in [-0.1, -0.05) is 13.8 Å². The highest BCUT2D eigenvalue weighted by molar-refractivity contribution is 5.55. The normalized spacial score (nSPS) is 11.3. The summed E-state index contributed by atoms with van der Waals surface area (Å²) in [5.41, 5.74) is 1.84. The molecule has 0 amide bonds. The van der Waals surface area contributed by atoms with E-state index in [-0.39, 0.29) is 17.7 Å². The fourth-order valence-electron chi connectivity index (χ4n) is 1.69. The van der Waals surface area contributed by atoms with Crippen LogP contribution in [0.15, 0.2) is 18.2 Å². The Morgan fingerprint density at radius 2 is 2.11 bits per heavy atom. The number of nitrogens with zero attached hydrogens (tertiary/aromatic N) is 1. The number of anilines is 1. The van der Waals surface area contributed by atoms with Gasteiger partial charge in [0.05, 0.1) is 4.92 Å². The molecule has 0 heterocycles. The van der Waals surface area contributed by atoms with Gasteiger partial charge < -0.3 is 10.4 Å². The number of non-ortho nitro benzene ring substituents is 1. The van der Waals surface area contributed by atoms with Gasteiger partial charge in [-0.25, -0.2) is 0 Å². The number of hydrogen-bond acceptors (Lipinski definition) is 4. The Hall–Kier alpha value is -1.62. The molecule has 5 nitrogen and oxygen atoms in total. The lowest BCUT2D eigenvalue weighted by Crippen LogP contribution is -2.24. The zero-order valence-corrected chi connectivity index (χ0v) is 11.1. The average molecular weight is 252 g/mol. The molecule has 0 radical (unpaired) electrons. The lowest BCUT2D eigenvalue weighted by Gasteiger charge is -2.25. The third kappa shape index (κ3) is 4.00. The van der Waals surface area contributed by atoms with Crippen LogP contribution in [0.5, 0.6) is 0 Å². The van der Waals surface area contributed by atoms with Crippen LogP contribution in [0.3, 0.4) is 0 Å². The molecule has 100 valence electrons. The summed E-state index contributed by atoms with van der Waals surface area (Å²) in [6.45, 7) is 6.85. The Labute approximate surface area is 107 Å². The highest BCUT2D eigenvalue weighted by Crippen LogP contribution is 2.24. The van der Waals surface area contributed by atoms with Gasteiger partial charge in [-0.3, -0.25) is 10.1 Å². The molecule has 0 fully saturated rings. The first-order valence-corrected chi connectivity index (χ1v) is 5.95. The molecule has 5 heteroatoms. The van der Waals surface area contributed by atoms with Gasteiger partial charge in [0, 0.05) is 31.0 Å². The summed E-state index contributed by atoms with van der Waals surface area (Å²) in [6, 6.07) is 4.78. The number of aryl methyl sites for hydroxylation is 1. The van der Waals surface area contributed by atoms with Gasteiger partial charge in [-0.2, -0.15) is 0 Å². The largest absolute Gasteiger partial charge is 0.396 e. The second-order valence-corrected chi connectivity index (χ2v) is 5.25. The molecule has 1 rings (SSSR count). The lowest BCUT2D eigenvalue weighted by molar-refractivity contribution is -0.384. The molecule has 2 N–H and O–H groups in total. The van der Waals surface area contributed by atoms with Crippen LogP contribution in [0, 0.1) is 22.5 Å². The first-order valence-electron chi connectivity index (χ1n) is 5.95. The van der Waals surface area contributed by atoms with E-state index in [0.717, 1.165) is 11.3 Å². The number of aliphatic hydroxyl groups is 1. The Bertz CT molecular complexity index is 430. The van der Waals surface area contributed by atoms with E-state index in [1.54, 1.807) is 12.1 Å². The SMILES string of the molecule is Cc1cc([N+](=O)[O-])ccc1NCC(C)(C)CCO. The number of hydrogen-bond donors (Lipinski definition) is 2. The van der Waals surface area contributed by atoms with E-state index in [4.69, 9.17) is 5.11 Å². The fraction of sp³-hybridized carbons (Fsp3) is 0.538. The van der Waals surface area contributed by atoms with Crippen LogP contribution in [0.4, 0.5) is 11.4 Å². The highest BCUT2D eigenvalue weighted by Gasteiger charge is 2.17. The van der Waals surface area contributed by atoms with Crippen molar-refractivity contribution >= 4 is 11.4 Å². The first-order chi connectivity index (χ1) is 8.35. The number of aliphatic hydroxyl groups excluding tert-OH is 1. The number of benzene rings is 1. The fourth-order valence-corrected chi connectivity index (χ4v) is 1.69. The molecule has 0 aliphatic heterocycles. The average Bonchev–Trinajstić information content (AvgIpc) is 2.27. The molecule has 0 saturated carbocycles. The van der Waals surface area contributed by atoms with Crippen molar-refractivity contribution in [3.63, 3.8) is 0 Å². The van der Waals surface area contributed by atoms with Gasteiger partial charge in [-0.05, 0) is 30.4 Å². The van der Waals surface area contributed by atoms with E-state index in [9.17, 15) is 10.1 Å². The summed E-state index contributed by atoms with van der Waals surface area (Å²) in [5.74, 6) is 0. The second-order valence-electron chi connectivity index (χ2n) is 5.25. The number of nitrogens with one attached hydrogen (secondary N) is 1. The Kier molecular flexibility index (Phi) is 4.67. The summed E-state index contributed by atoms with van der Waals surface area (Å²) in [5, 5.41) is 22.8. The van der Waals surface area contributed by atoms with Crippen LogP contribution in [0.25, 0.3) is 0 Å². The minimum atomic E-state index is -0.396. The zero-order valence-electron chi connectivity index (χ0n) is 11.1. The summed E-state index contributed by atoms with van der Waals surface area (Å²) in [7, 11) is 0. The highest BCUT2D eigenvalue weighted by atomic mass is 16.6. The van der Waals surface area contributed by atoms with Gasteiger partial charge in [0.2, 0.25) is 0 Å². The number of nitro groups is 1. The van der Waals surface area contributed by atoms with Crippen molar-refractivity contribution in [3.05, 3.63) is 33.9 Å². The van der Waals surface area contributed by atoms with Gasteiger partial charge in [0.1, 0.15) is 0 Å². The summed E-state index contributed by atoms with van der Waals surface area (Å²) < 4.78 is 0. The molecule has 0 unspecified atom stereocenters. The zero-order chi connectivity index (χ0) is 13.8. The maximum atomic E-state index is 10.6. The van der Waals surface area contributed by atoms with Crippen LogP contribution in [-0.2, 0) is 0 Å². The monoisotopic (exact) mass is 252 g/mol. The van der Waals surface area contributed by atoms with Crippen molar-refractivity contribution < 1.29 is 10.0 Å². The molecular weight excluding hydrogens is 232 g/mol. The molecule has 0 saturated heterocycles. The van der Waals surface area contributed by atoms with Crippen molar-refractivity contribution in [3.8, 4) is 0 Å². The van der Waals surface area contributed by atoms with Crippen molar-refractivity contribution in [1.29, 1.82) is 0 Å². The Morgan fingerprint density at radius 1 is 1.44 bits per heavy atom. The maximum absolute atomic E-state index is 10.6. The number of nitro benzene ring substituents is 1. The van der Waals surface area contributed by atoms with Gasteiger partial charge in [-0.15, -0.1) is 0 Å². The van der Waals surface area contributed by atoms with Crippen LogP contribution in [0.2, 0.25) is 0 Å². The summed E-state index contributed by atoms with van der Waals surface area (Å²) in [4.78, 5) is 10.2. The molecule has 0 spiro atoms. The maximum Gasteiger partial charge on any atom is 0.269 e. The molecule has 1 aromatic carbocycles. The van der Waals surface area contributed by atoms with E-state index in [0.29, 0.717) is 13.0 Å². The van der Waals surface area contributed by atoms with Crippen LogP contribution in [-0.4, -0.2) is 23.2 Å². The minimum absolute atomic E-state index is 0.0109. The van der Waals surface area contributed by atoms with Crippen LogP contribution < -0.4 is 5.32 Å². The standard InChI is InChI=1S/C13H20N2O3/c1-10-8-11(15(17)18)4-5-12(10)14-9-13(2,3)6-7-16/h4-5,8,14,16H,6-7,9H2,1-3H3. The van der Waals surface area contributed by atoms with Crippen molar-refractivity contribution in [2.45, 2.75) is 27.2 Å². The van der Waals surface area contributed by atoms with E-state index in [1.165, 1.54) is 6.07 Å². The van der Waals surface area contributed by atoms with Crippen molar-refractivity contribution in [2.24, 2.45) is 5.41 Å². The Balaban J connectivity index is 2.71. The van der Waals surface area contributed by atoms with Gasteiger partial charge >= 0.3 is 0 Å². The van der Waals surface area contributed by atoms with E-state index >= 15 is 0 Å². The van der Waals surface area contributed by atoms with Crippen molar-refractivity contribution in [2.75, 3.05) is 18.5 Å². The molecule has 0 atom stereocenters. The second kappa shape index (κ2) is 5.82. The molecule has 0 aromatic heterocycles. The predicted octanol–water partition coefficient (Wildman–Crippen LogP) is 2.72. The lowest BCUT2D eigenvalue weighted by atomic mass is 9.89. The predicted molar refractivity (Wildman–Crippen MR) is 71.8 cm³/mol. The van der Waals surface area contributed by atoms with Gasteiger partial charge in [0.25, 0.3) is 5.69 Å². The number of rotatable bonds is 6. The van der Waals surface area contributed by atoms with Crippen LogP contribution >= 0.6 is 0 Å². The smallest absolute Gasteiger partial charge is 0.269 e. The quantitative estimate of drug-likeness (QED) is 0.603. The summed E-state index contributed by atoms with van der Waals surface area (Å²) >= 11 is 0. The minimum Gasteiger partial charge on any atom is -0.396 e. The topological polar surface area (TPSA) is 75.4 Å². The molecule has 0 aliphatic rings. The third-order valence-corrected chi connectivity index (χ3v) is 2.97. The first kappa shape index (κ1) is 14.4. The van der Waals surface area contributed by atoms with E-state index in [1.807, 2.05) is 6.92 Å². The van der Waals surface area contributed by atoms with Crippen molar-refractivity contribution in [1.82, 2.24) is 0 Å².